The lowest BCUT2D eigenvalue weighted by Gasteiger charge is -2.14. The fraction of sp³-hybridized carbons (Fsp3) is 0.130. The van der Waals surface area contributed by atoms with Crippen molar-refractivity contribution in [3.63, 3.8) is 0 Å². The number of nitrogens with zero attached hydrogens (tertiary/aromatic N) is 2. The molecule has 0 radical (unpaired) electrons. The number of carbonyl (C=O) groups is 2. The Morgan fingerprint density at radius 3 is 2.58 bits per heavy atom. The van der Waals surface area contributed by atoms with Crippen molar-refractivity contribution in [2.75, 3.05) is 11.9 Å². The number of anilines is 1. The largest absolute Gasteiger partial charge is 0.462 e. The van der Waals surface area contributed by atoms with E-state index in [4.69, 9.17) is 27.9 Å². The molecule has 2 heterocycles. The van der Waals surface area contributed by atoms with E-state index in [2.05, 4.69) is 20.3 Å². The van der Waals surface area contributed by atoms with Gasteiger partial charge in [0.05, 0.1) is 39.0 Å². The molecule has 33 heavy (non-hydrogen) atoms. The van der Waals surface area contributed by atoms with Crippen molar-refractivity contribution in [1.82, 2.24) is 15.0 Å². The number of amides is 1. The lowest BCUT2D eigenvalue weighted by Crippen LogP contribution is -2.14. The number of pyridine rings is 1. The van der Waals surface area contributed by atoms with Crippen molar-refractivity contribution in [2.45, 2.75) is 17.8 Å². The fourth-order valence-electron chi connectivity index (χ4n) is 3.29. The SMILES string of the molecule is CCOC(=O)c1cnc2c(NC(=O)c3c(Cl)cccc3Cl)cccc2c1CSc1ncc[nH]1. The van der Waals surface area contributed by atoms with Gasteiger partial charge in [0.25, 0.3) is 5.91 Å². The van der Waals surface area contributed by atoms with Crippen LogP contribution >= 0.6 is 35.0 Å². The molecule has 0 aliphatic rings. The summed E-state index contributed by atoms with van der Waals surface area (Å²) in [5, 5.41) is 4.76. The summed E-state index contributed by atoms with van der Waals surface area (Å²) in [5.41, 5.74) is 2.26. The molecule has 1 amide bonds. The monoisotopic (exact) mass is 500 g/mol. The molecule has 10 heteroatoms. The first-order valence-corrected chi connectivity index (χ1v) is 11.7. The van der Waals surface area contributed by atoms with Gasteiger partial charge in [-0.05, 0) is 30.7 Å². The number of aromatic nitrogens is 3. The van der Waals surface area contributed by atoms with Gasteiger partial charge in [-0.3, -0.25) is 9.78 Å². The molecule has 4 rings (SSSR count). The van der Waals surface area contributed by atoms with Crippen LogP contribution in [0.15, 0.2) is 60.1 Å². The molecule has 0 spiro atoms. The second kappa shape index (κ2) is 10.2. The molecular weight excluding hydrogens is 483 g/mol. The van der Waals surface area contributed by atoms with E-state index in [-0.39, 0.29) is 22.2 Å². The van der Waals surface area contributed by atoms with Crippen LogP contribution in [0.3, 0.4) is 0 Å². The number of H-pyrrole nitrogens is 1. The number of hydrogen-bond acceptors (Lipinski definition) is 6. The van der Waals surface area contributed by atoms with Crippen molar-refractivity contribution < 1.29 is 14.3 Å². The Bertz CT molecular complexity index is 1310. The molecule has 4 aromatic rings. The molecule has 168 valence electrons. The summed E-state index contributed by atoms with van der Waals surface area (Å²) in [6.07, 6.45) is 4.86. The number of benzene rings is 2. The Labute approximate surface area is 203 Å². The maximum atomic E-state index is 12.9. The molecule has 0 saturated carbocycles. The van der Waals surface area contributed by atoms with Crippen LogP contribution < -0.4 is 5.32 Å². The number of esters is 1. The van der Waals surface area contributed by atoms with Crippen molar-refractivity contribution in [3.05, 3.63) is 81.7 Å². The highest BCUT2D eigenvalue weighted by molar-refractivity contribution is 7.98. The molecule has 0 unspecified atom stereocenters. The van der Waals surface area contributed by atoms with Crippen molar-refractivity contribution in [1.29, 1.82) is 0 Å². The highest BCUT2D eigenvalue weighted by Gasteiger charge is 2.20. The summed E-state index contributed by atoms with van der Waals surface area (Å²) in [6, 6.07) is 10.2. The Hall–Kier alpha value is -3.07. The summed E-state index contributed by atoms with van der Waals surface area (Å²) < 4.78 is 5.22. The van der Waals surface area contributed by atoms with Crippen molar-refractivity contribution in [3.8, 4) is 0 Å². The van der Waals surface area contributed by atoms with E-state index < -0.39 is 11.9 Å². The quantitative estimate of drug-likeness (QED) is 0.239. The number of carbonyl (C=O) groups excluding carboxylic acids is 2. The van der Waals surface area contributed by atoms with Gasteiger partial charge in [-0.25, -0.2) is 9.78 Å². The third kappa shape index (κ3) is 4.98. The Kier molecular flexibility index (Phi) is 7.17. The number of para-hydroxylation sites is 1. The number of imidazole rings is 1. The fourth-order valence-corrected chi connectivity index (χ4v) is 4.74. The van der Waals surface area contributed by atoms with Gasteiger partial charge < -0.3 is 15.0 Å². The molecule has 0 bridgehead atoms. The van der Waals surface area contributed by atoms with Crippen LogP contribution in [0.5, 0.6) is 0 Å². The third-order valence-corrected chi connectivity index (χ3v) is 6.33. The maximum absolute atomic E-state index is 12.9. The normalized spacial score (nSPS) is 10.9. The van der Waals surface area contributed by atoms with E-state index >= 15 is 0 Å². The molecular formula is C23H18Cl2N4O3S. The molecule has 0 atom stereocenters. The number of aromatic amines is 1. The minimum atomic E-state index is -0.459. The number of hydrogen-bond donors (Lipinski definition) is 2. The van der Waals surface area contributed by atoms with Crippen LogP contribution in [0.4, 0.5) is 5.69 Å². The number of rotatable bonds is 7. The van der Waals surface area contributed by atoms with Gasteiger partial charge >= 0.3 is 5.97 Å². The second-order valence-corrected chi connectivity index (χ2v) is 8.58. The van der Waals surface area contributed by atoms with E-state index in [1.54, 1.807) is 49.6 Å². The molecule has 0 aliphatic heterocycles. The van der Waals surface area contributed by atoms with Gasteiger partial charge in [0, 0.05) is 29.7 Å². The smallest absolute Gasteiger partial charge is 0.340 e. The maximum Gasteiger partial charge on any atom is 0.340 e. The summed E-state index contributed by atoms with van der Waals surface area (Å²) in [4.78, 5) is 37.3. The van der Waals surface area contributed by atoms with Gasteiger partial charge in [-0.15, -0.1) is 0 Å². The first-order valence-electron chi connectivity index (χ1n) is 9.94. The van der Waals surface area contributed by atoms with Gasteiger partial charge in [-0.2, -0.15) is 0 Å². The molecule has 0 fully saturated rings. The molecule has 0 aliphatic carbocycles. The number of nitrogens with one attached hydrogen (secondary N) is 2. The standard InChI is InChI=1S/C23H18Cl2N4O3S/c1-2-32-22(31)14-11-28-20-13(15(14)12-33-23-26-9-10-27-23)5-3-8-18(20)29-21(30)19-16(24)6-4-7-17(19)25/h3-11H,2,12H2,1H3,(H,26,27)(H,29,30). The molecule has 7 nitrogen and oxygen atoms in total. The Balaban J connectivity index is 1.75. The predicted molar refractivity (Wildman–Crippen MR) is 130 cm³/mol. The van der Waals surface area contributed by atoms with Crippen LogP contribution in [-0.4, -0.2) is 33.4 Å². The van der Waals surface area contributed by atoms with Gasteiger partial charge in [-0.1, -0.05) is 53.2 Å². The van der Waals surface area contributed by atoms with E-state index in [0.29, 0.717) is 33.1 Å². The lowest BCUT2D eigenvalue weighted by molar-refractivity contribution is 0.0525. The van der Waals surface area contributed by atoms with Crippen LogP contribution in [0.1, 0.15) is 33.2 Å². The third-order valence-electron chi connectivity index (χ3n) is 4.77. The zero-order valence-corrected chi connectivity index (χ0v) is 19.7. The van der Waals surface area contributed by atoms with E-state index in [1.165, 1.54) is 18.0 Å². The van der Waals surface area contributed by atoms with E-state index in [1.807, 2.05) is 6.07 Å². The van der Waals surface area contributed by atoms with Crippen LogP contribution in [-0.2, 0) is 10.5 Å². The molecule has 2 aromatic carbocycles. The highest BCUT2D eigenvalue weighted by atomic mass is 35.5. The molecule has 0 saturated heterocycles. The zero-order valence-electron chi connectivity index (χ0n) is 17.4. The van der Waals surface area contributed by atoms with Crippen LogP contribution in [0.2, 0.25) is 10.0 Å². The van der Waals surface area contributed by atoms with Gasteiger partial charge in [0.2, 0.25) is 0 Å². The van der Waals surface area contributed by atoms with Crippen LogP contribution in [0, 0.1) is 0 Å². The van der Waals surface area contributed by atoms with Crippen molar-refractivity contribution in [2.24, 2.45) is 0 Å². The Morgan fingerprint density at radius 1 is 1.12 bits per heavy atom. The summed E-state index contributed by atoms with van der Waals surface area (Å²) in [7, 11) is 0. The van der Waals surface area contributed by atoms with Crippen LogP contribution in [0.25, 0.3) is 10.9 Å². The van der Waals surface area contributed by atoms with Crippen molar-refractivity contribution >= 4 is 63.4 Å². The number of fused-ring (bicyclic) bond motifs is 1. The average molecular weight is 501 g/mol. The summed E-state index contributed by atoms with van der Waals surface area (Å²) >= 11 is 13.8. The number of ether oxygens (including phenoxy) is 1. The topological polar surface area (TPSA) is 97.0 Å². The minimum Gasteiger partial charge on any atom is -0.462 e. The average Bonchev–Trinajstić information content (AvgIpc) is 3.31. The molecule has 2 N–H and O–H groups in total. The minimum absolute atomic E-state index is 0.176. The predicted octanol–water partition coefficient (Wildman–Crippen LogP) is 5.99. The van der Waals surface area contributed by atoms with E-state index in [9.17, 15) is 9.59 Å². The summed E-state index contributed by atoms with van der Waals surface area (Å²) in [5.74, 6) is -0.478. The highest BCUT2D eigenvalue weighted by Crippen LogP contribution is 2.32. The van der Waals surface area contributed by atoms with Gasteiger partial charge in [0.15, 0.2) is 5.16 Å². The number of halogens is 2. The zero-order chi connectivity index (χ0) is 23.4. The Morgan fingerprint density at radius 2 is 1.88 bits per heavy atom. The van der Waals surface area contributed by atoms with E-state index in [0.717, 1.165) is 5.56 Å². The van der Waals surface area contributed by atoms with Gasteiger partial charge in [0.1, 0.15) is 0 Å². The lowest BCUT2D eigenvalue weighted by atomic mass is 10.0. The number of thioether (sulfide) groups is 1. The summed E-state index contributed by atoms with van der Waals surface area (Å²) in [6.45, 7) is 1.99. The first kappa shape index (κ1) is 23.1. The second-order valence-electron chi connectivity index (χ2n) is 6.81. The molecule has 2 aromatic heterocycles. The first-order chi connectivity index (χ1) is 16.0.